The summed E-state index contributed by atoms with van der Waals surface area (Å²) >= 11 is 0. The number of rotatable bonds is 49. The maximum atomic E-state index is 6.79. The van der Waals surface area contributed by atoms with Gasteiger partial charge in [-0.2, -0.15) is 15.0 Å². The van der Waals surface area contributed by atoms with Gasteiger partial charge in [0.2, 0.25) is 17.6 Å². The summed E-state index contributed by atoms with van der Waals surface area (Å²) in [5, 5.41) is 0. The van der Waals surface area contributed by atoms with E-state index in [1.807, 2.05) is 24.3 Å². The largest absolute Gasteiger partial charge is 0.493 e. The molecule has 0 aliphatic heterocycles. The van der Waals surface area contributed by atoms with Crippen LogP contribution in [-0.2, 0) is 0 Å². The summed E-state index contributed by atoms with van der Waals surface area (Å²) in [4.78, 5) is 12.5. The highest BCUT2D eigenvalue weighted by atomic mass is 16.5. The van der Waals surface area contributed by atoms with E-state index < -0.39 is 0 Å². The van der Waals surface area contributed by atoms with Crippen LogP contribution in [0.2, 0.25) is 0 Å². The van der Waals surface area contributed by atoms with E-state index in [1.165, 1.54) is 161 Å². The second kappa shape index (κ2) is 43.4. The number of aromatic nitrogens is 3. The van der Waals surface area contributed by atoms with Crippen molar-refractivity contribution in [3.05, 3.63) is 70.8 Å². The molecule has 0 aliphatic carbocycles. The van der Waals surface area contributed by atoms with Crippen LogP contribution in [0.15, 0.2) is 48.5 Å². The van der Waals surface area contributed by atoms with Crippen LogP contribution in [0.4, 0.5) is 11.9 Å². The van der Waals surface area contributed by atoms with Crippen molar-refractivity contribution in [3.63, 3.8) is 0 Å². The van der Waals surface area contributed by atoms with Gasteiger partial charge in [-0.25, -0.2) is 0 Å². The summed E-state index contributed by atoms with van der Waals surface area (Å²) in [6, 6.07) is 16.5. The van der Waals surface area contributed by atoms with Gasteiger partial charge in [-0.05, 0) is 66.5 Å². The van der Waals surface area contributed by atoms with Gasteiger partial charge in [0, 0.05) is 16.7 Å². The van der Waals surface area contributed by atoms with E-state index in [1.54, 1.807) is 0 Å². The molecule has 81 heavy (non-hydrogen) atoms. The van der Waals surface area contributed by atoms with Gasteiger partial charge in [0.15, 0.2) is 17.3 Å². The Morgan fingerprint density at radius 3 is 1.09 bits per heavy atom. The number of hydrogen-bond acceptors (Lipinski definition) is 10. The molecule has 3 aromatic carbocycles. The maximum Gasteiger partial charge on any atom is 0.225 e. The standard InChI is InChI=1S/C71H113N5O5/c1-8-13-16-19-22-25-28-31-34-37-48-77-66-51-60(52-67(78-49-38-35-32-29-26-23-20-17-14-9-2)68(66)79-50-39-36-33-30-27-24-21-18-15-10-3)43-47-63-54-64(80-55-57(6)11-4)62(53-65(63)81-56-58(7)12-5)46-42-59-40-44-61(45-41-59)69-74-70(72)76-71(73)75-69/h40-47,51-54,57-58H,8-39,48-50,55-56H2,1-7H3,(H4,72,73,74,75,76)/b46-42+,47-43+/t57-,58-/m0/s1. The Bertz CT molecular complexity index is 2230. The summed E-state index contributed by atoms with van der Waals surface area (Å²) in [5.74, 6) is 5.26. The van der Waals surface area contributed by atoms with E-state index in [2.05, 4.69) is 112 Å². The summed E-state index contributed by atoms with van der Waals surface area (Å²) in [7, 11) is 0. The van der Waals surface area contributed by atoms with Gasteiger partial charge in [0.25, 0.3) is 0 Å². The fraction of sp³-hybridized carbons (Fsp3) is 0.648. The maximum absolute atomic E-state index is 6.79. The quantitative estimate of drug-likeness (QED) is 0.0325. The number of anilines is 2. The van der Waals surface area contributed by atoms with Crippen molar-refractivity contribution in [2.75, 3.05) is 44.5 Å². The van der Waals surface area contributed by atoms with Gasteiger partial charge in [-0.15, -0.1) is 0 Å². The van der Waals surface area contributed by atoms with E-state index in [4.69, 9.17) is 35.2 Å². The van der Waals surface area contributed by atoms with Crippen LogP contribution in [0, 0.1) is 11.8 Å². The van der Waals surface area contributed by atoms with E-state index in [9.17, 15) is 0 Å². The molecule has 10 nitrogen and oxygen atoms in total. The topological polar surface area (TPSA) is 137 Å². The summed E-state index contributed by atoms with van der Waals surface area (Å²) < 4.78 is 33.8. The number of benzene rings is 3. The molecule has 2 atom stereocenters. The molecule has 0 fully saturated rings. The van der Waals surface area contributed by atoms with Gasteiger partial charge in [-0.3, -0.25) is 0 Å². The Hall–Kier alpha value is -5.25. The zero-order chi connectivity index (χ0) is 58.0. The van der Waals surface area contributed by atoms with Crippen molar-refractivity contribution in [1.29, 1.82) is 0 Å². The zero-order valence-corrected chi connectivity index (χ0v) is 52.3. The lowest BCUT2D eigenvalue weighted by Gasteiger charge is -2.19. The first-order chi connectivity index (χ1) is 39.7. The molecule has 0 amide bonds. The van der Waals surface area contributed by atoms with Gasteiger partial charge in [0.1, 0.15) is 11.5 Å². The van der Waals surface area contributed by atoms with Crippen molar-refractivity contribution in [2.45, 2.75) is 254 Å². The molecule has 0 saturated carbocycles. The number of ether oxygens (including phenoxy) is 5. The predicted octanol–water partition coefficient (Wildman–Crippen LogP) is 20.8. The van der Waals surface area contributed by atoms with Crippen LogP contribution >= 0.6 is 0 Å². The number of nitrogens with two attached hydrogens (primary N) is 2. The minimum atomic E-state index is 0.0933. The van der Waals surface area contributed by atoms with Crippen molar-refractivity contribution in [3.8, 4) is 40.1 Å². The SMILES string of the molecule is CCCCCCCCCCCCOc1cc(/C=C/c2cc(OC[C@@H](C)CC)c(/C=C/c3ccc(-c4nc(N)nc(N)n4)cc3)cc2OC[C@@H](C)CC)cc(OCCCCCCCCCCCC)c1OCCCCCCCCCCCC. The molecular weight excluding hydrogens is 1000 g/mol. The molecule has 452 valence electrons. The average Bonchev–Trinajstić information content (AvgIpc) is 3.48. The minimum Gasteiger partial charge on any atom is -0.493 e. The molecule has 0 radical (unpaired) electrons. The fourth-order valence-corrected chi connectivity index (χ4v) is 9.81. The second-order valence-corrected chi connectivity index (χ2v) is 23.2. The number of unbranched alkanes of at least 4 members (excludes halogenated alkanes) is 27. The second-order valence-electron chi connectivity index (χ2n) is 23.2. The number of nitrogen functional groups attached to an aromatic ring is 2. The average molecular weight is 1120 g/mol. The highest BCUT2D eigenvalue weighted by Gasteiger charge is 2.18. The van der Waals surface area contributed by atoms with Gasteiger partial charge in [-0.1, -0.05) is 283 Å². The van der Waals surface area contributed by atoms with Gasteiger partial charge < -0.3 is 35.2 Å². The lowest BCUT2D eigenvalue weighted by atomic mass is 10.0. The van der Waals surface area contributed by atoms with E-state index in [0.717, 1.165) is 102 Å². The third-order valence-electron chi connectivity index (χ3n) is 15.6. The van der Waals surface area contributed by atoms with Crippen molar-refractivity contribution in [1.82, 2.24) is 15.0 Å². The summed E-state index contributed by atoms with van der Waals surface area (Å²) in [6.45, 7) is 18.9. The normalized spacial score (nSPS) is 12.4. The Balaban J connectivity index is 1.66. The van der Waals surface area contributed by atoms with Gasteiger partial charge in [0.05, 0.1) is 33.0 Å². The first-order valence-electron chi connectivity index (χ1n) is 32.9. The molecule has 0 bridgehead atoms. The molecular formula is C71H113N5O5. The molecule has 1 heterocycles. The number of nitrogens with zero attached hydrogens (tertiary/aromatic N) is 3. The Labute approximate surface area is 493 Å². The van der Waals surface area contributed by atoms with E-state index in [-0.39, 0.29) is 11.9 Å². The van der Waals surface area contributed by atoms with Crippen LogP contribution in [0.5, 0.6) is 28.7 Å². The smallest absolute Gasteiger partial charge is 0.225 e. The fourth-order valence-electron chi connectivity index (χ4n) is 9.81. The highest BCUT2D eigenvalue weighted by Crippen LogP contribution is 2.41. The Morgan fingerprint density at radius 1 is 0.370 bits per heavy atom. The summed E-state index contributed by atoms with van der Waals surface area (Å²) in [5.41, 5.74) is 16.4. The van der Waals surface area contributed by atoms with Gasteiger partial charge >= 0.3 is 0 Å². The third kappa shape index (κ3) is 29.5. The van der Waals surface area contributed by atoms with Crippen molar-refractivity contribution in [2.24, 2.45) is 11.8 Å². The van der Waals surface area contributed by atoms with Crippen LogP contribution in [0.25, 0.3) is 35.7 Å². The van der Waals surface area contributed by atoms with Crippen LogP contribution in [0.3, 0.4) is 0 Å². The molecule has 4 aromatic rings. The number of hydrogen-bond donors (Lipinski definition) is 2. The zero-order valence-electron chi connectivity index (χ0n) is 52.3. The first-order valence-corrected chi connectivity index (χ1v) is 32.9. The van der Waals surface area contributed by atoms with Crippen LogP contribution in [-0.4, -0.2) is 48.0 Å². The Kier molecular flexibility index (Phi) is 36.6. The van der Waals surface area contributed by atoms with E-state index >= 15 is 0 Å². The van der Waals surface area contributed by atoms with E-state index in [0.29, 0.717) is 50.7 Å². The third-order valence-corrected chi connectivity index (χ3v) is 15.6. The highest BCUT2D eigenvalue weighted by molar-refractivity contribution is 5.80. The molecule has 0 spiro atoms. The molecule has 4 rings (SSSR count). The molecule has 0 saturated heterocycles. The minimum absolute atomic E-state index is 0.0933. The molecule has 0 unspecified atom stereocenters. The lowest BCUT2D eigenvalue weighted by molar-refractivity contribution is 0.234. The van der Waals surface area contributed by atoms with Crippen molar-refractivity contribution >= 4 is 36.2 Å². The molecule has 0 aliphatic rings. The van der Waals surface area contributed by atoms with Crippen LogP contribution in [0.1, 0.15) is 276 Å². The summed E-state index contributed by atoms with van der Waals surface area (Å²) in [6.07, 6.45) is 49.0. The monoisotopic (exact) mass is 1120 g/mol. The lowest BCUT2D eigenvalue weighted by Crippen LogP contribution is -2.10. The van der Waals surface area contributed by atoms with Crippen molar-refractivity contribution < 1.29 is 23.7 Å². The first kappa shape index (κ1) is 68.3. The Morgan fingerprint density at radius 2 is 0.716 bits per heavy atom. The predicted molar refractivity (Wildman–Crippen MR) is 347 cm³/mol. The molecule has 10 heteroatoms. The molecule has 1 aromatic heterocycles. The molecule has 4 N–H and O–H groups in total. The van der Waals surface area contributed by atoms with Crippen LogP contribution < -0.4 is 35.2 Å².